The van der Waals surface area contributed by atoms with Crippen LogP contribution in [-0.4, -0.2) is 11.3 Å². The fraction of sp³-hybridized carbons (Fsp3) is 0.250. The molecule has 4 nitrogen and oxygen atoms in total. The fourth-order valence-corrected chi connectivity index (χ4v) is 1.08. The molecule has 0 heterocycles. The van der Waals surface area contributed by atoms with Crippen molar-refractivity contribution in [3.05, 3.63) is 33.9 Å². The van der Waals surface area contributed by atoms with Gasteiger partial charge < -0.3 is 4.74 Å². The Morgan fingerprint density at radius 1 is 1.29 bits per heavy atom. The van der Waals surface area contributed by atoms with Crippen LogP contribution in [0.3, 0.4) is 0 Å². The minimum Gasteiger partial charge on any atom is -0.398 e. The molecule has 0 spiro atoms. The molecule has 94 valence electrons. The Morgan fingerprint density at radius 2 is 1.88 bits per heavy atom. The van der Waals surface area contributed by atoms with Crippen LogP contribution in [0.25, 0.3) is 0 Å². The molecular weight excluding hydrogens is 253 g/mol. The zero-order valence-corrected chi connectivity index (χ0v) is 7.87. The summed E-state index contributed by atoms with van der Waals surface area (Å²) >= 11 is 0. The van der Waals surface area contributed by atoms with Crippen molar-refractivity contribution in [3.8, 4) is 5.75 Å². The Bertz CT molecular complexity index is 432. The molecule has 0 fully saturated rings. The van der Waals surface area contributed by atoms with Gasteiger partial charge in [-0.05, 0) is 6.07 Å². The first-order chi connectivity index (χ1) is 7.72. The van der Waals surface area contributed by atoms with E-state index < -0.39 is 34.7 Å². The lowest BCUT2D eigenvalue weighted by atomic mass is 10.2. The van der Waals surface area contributed by atoms with Crippen molar-refractivity contribution in [2.24, 2.45) is 0 Å². The van der Waals surface area contributed by atoms with E-state index in [-0.39, 0.29) is 0 Å². The van der Waals surface area contributed by atoms with Gasteiger partial charge in [0.15, 0.2) is 0 Å². The Morgan fingerprint density at radius 3 is 2.29 bits per heavy atom. The Balaban J connectivity index is 3.34. The number of nitrogens with zero attached hydrogens (tertiary/aromatic N) is 1. The van der Waals surface area contributed by atoms with E-state index >= 15 is 0 Å². The van der Waals surface area contributed by atoms with Crippen LogP contribution in [0.4, 0.5) is 27.6 Å². The molecule has 1 aromatic carbocycles. The minimum absolute atomic E-state index is 0.624. The van der Waals surface area contributed by atoms with Crippen molar-refractivity contribution in [2.45, 2.75) is 12.8 Å². The standard InChI is InChI=1S/C8H4F5NO3/c9-7(10)4-2-1-3-5(14(15)16)6(4)17-8(11,12)13/h1-3,7H. The van der Waals surface area contributed by atoms with Gasteiger partial charge in [-0.3, -0.25) is 10.1 Å². The van der Waals surface area contributed by atoms with E-state index in [9.17, 15) is 32.1 Å². The zero-order chi connectivity index (χ0) is 13.2. The molecule has 1 rings (SSSR count). The van der Waals surface area contributed by atoms with Crippen molar-refractivity contribution in [2.75, 3.05) is 0 Å². The topological polar surface area (TPSA) is 52.4 Å². The number of hydrogen-bond donors (Lipinski definition) is 0. The summed E-state index contributed by atoms with van der Waals surface area (Å²) in [5.74, 6) is -1.49. The quantitative estimate of drug-likeness (QED) is 0.473. The van der Waals surface area contributed by atoms with Gasteiger partial charge in [-0.2, -0.15) is 0 Å². The highest BCUT2D eigenvalue weighted by atomic mass is 19.4. The fourth-order valence-electron chi connectivity index (χ4n) is 1.08. The van der Waals surface area contributed by atoms with Gasteiger partial charge in [0, 0.05) is 6.07 Å². The lowest BCUT2D eigenvalue weighted by Crippen LogP contribution is -2.19. The number of nitro groups is 1. The molecule has 0 aliphatic carbocycles. The van der Waals surface area contributed by atoms with Crippen LogP contribution in [-0.2, 0) is 0 Å². The third-order valence-corrected chi connectivity index (χ3v) is 1.67. The van der Waals surface area contributed by atoms with Gasteiger partial charge in [0.05, 0.1) is 10.5 Å². The van der Waals surface area contributed by atoms with E-state index in [0.29, 0.717) is 12.1 Å². The molecule has 0 aliphatic rings. The number of halogens is 5. The van der Waals surface area contributed by atoms with Crippen LogP contribution >= 0.6 is 0 Å². The van der Waals surface area contributed by atoms with E-state index in [2.05, 4.69) is 4.74 Å². The lowest BCUT2D eigenvalue weighted by Gasteiger charge is -2.12. The monoisotopic (exact) mass is 257 g/mol. The smallest absolute Gasteiger partial charge is 0.398 e. The molecule has 17 heavy (non-hydrogen) atoms. The van der Waals surface area contributed by atoms with Gasteiger partial charge in [0.1, 0.15) is 0 Å². The van der Waals surface area contributed by atoms with Crippen LogP contribution in [0.15, 0.2) is 18.2 Å². The maximum Gasteiger partial charge on any atom is 0.573 e. The third kappa shape index (κ3) is 3.26. The molecule has 0 radical (unpaired) electrons. The van der Waals surface area contributed by atoms with Crippen LogP contribution < -0.4 is 4.74 Å². The number of rotatable bonds is 3. The van der Waals surface area contributed by atoms with Crippen molar-refractivity contribution >= 4 is 5.69 Å². The third-order valence-electron chi connectivity index (χ3n) is 1.67. The lowest BCUT2D eigenvalue weighted by molar-refractivity contribution is -0.388. The van der Waals surface area contributed by atoms with Crippen LogP contribution in [0.5, 0.6) is 5.75 Å². The zero-order valence-electron chi connectivity index (χ0n) is 7.87. The molecule has 0 aromatic heterocycles. The summed E-state index contributed by atoms with van der Waals surface area (Å²) in [7, 11) is 0. The first-order valence-corrected chi connectivity index (χ1v) is 4.03. The van der Waals surface area contributed by atoms with Crippen molar-refractivity contribution < 1.29 is 31.6 Å². The number of nitro benzene ring substituents is 1. The Hall–Kier alpha value is -1.93. The molecule has 0 unspecified atom stereocenters. The van der Waals surface area contributed by atoms with E-state index in [0.717, 1.165) is 6.07 Å². The van der Waals surface area contributed by atoms with Gasteiger partial charge in [0.25, 0.3) is 6.43 Å². The number of benzene rings is 1. The summed E-state index contributed by atoms with van der Waals surface area (Å²) < 4.78 is 63.8. The maximum atomic E-state index is 12.4. The highest BCUT2D eigenvalue weighted by molar-refractivity contribution is 5.52. The summed E-state index contributed by atoms with van der Waals surface area (Å²) in [5.41, 5.74) is -2.35. The second-order valence-electron chi connectivity index (χ2n) is 2.80. The normalized spacial score (nSPS) is 11.6. The van der Waals surface area contributed by atoms with Crippen molar-refractivity contribution in [3.63, 3.8) is 0 Å². The maximum absolute atomic E-state index is 12.4. The van der Waals surface area contributed by atoms with Gasteiger partial charge in [0.2, 0.25) is 5.75 Å². The van der Waals surface area contributed by atoms with E-state index in [1.807, 2.05) is 0 Å². The first-order valence-electron chi connectivity index (χ1n) is 4.03. The van der Waals surface area contributed by atoms with E-state index in [1.54, 1.807) is 0 Å². The molecule has 0 aliphatic heterocycles. The summed E-state index contributed by atoms with van der Waals surface area (Å²) in [5, 5.41) is 10.4. The van der Waals surface area contributed by atoms with Crippen LogP contribution in [0, 0.1) is 10.1 Å². The van der Waals surface area contributed by atoms with Gasteiger partial charge >= 0.3 is 12.0 Å². The largest absolute Gasteiger partial charge is 0.573 e. The second-order valence-corrected chi connectivity index (χ2v) is 2.80. The van der Waals surface area contributed by atoms with Gasteiger partial charge in [-0.25, -0.2) is 8.78 Å². The second kappa shape index (κ2) is 4.52. The highest BCUT2D eigenvalue weighted by Crippen LogP contribution is 2.39. The molecule has 0 atom stereocenters. The molecule has 0 saturated carbocycles. The number of hydrogen-bond acceptors (Lipinski definition) is 3. The summed E-state index contributed by atoms with van der Waals surface area (Å²) in [6.07, 6.45) is -8.59. The minimum atomic E-state index is -5.28. The highest BCUT2D eigenvalue weighted by Gasteiger charge is 2.37. The molecule has 1 aromatic rings. The SMILES string of the molecule is O=[N+]([O-])c1cccc(C(F)F)c1OC(F)(F)F. The molecule has 0 saturated heterocycles. The Labute approximate surface area is 90.8 Å². The predicted octanol–water partition coefficient (Wildman–Crippen LogP) is 3.43. The van der Waals surface area contributed by atoms with Gasteiger partial charge in [-0.15, -0.1) is 13.2 Å². The number of para-hydroxylation sites is 1. The average Bonchev–Trinajstić information content (AvgIpc) is 2.14. The summed E-state index contributed by atoms with van der Waals surface area (Å²) in [4.78, 5) is 9.17. The van der Waals surface area contributed by atoms with Crippen LogP contribution in [0.2, 0.25) is 0 Å². The molecule has 9 heteroatoms. The van der Waals surface area contributed by atoms with Crippen molar-refractivity contribution in [1.29, 1.82) is 0 Å². The molecule has 0 N–H and O–H groups in total. The first kappa shape index (κ1) is 13.1. The van der Waals surface area contributed by atoms with E-state index in [4.69, 9.17) is 0 Å². The number of alkyl halides is 5. The molecule has 0 bridgehead atoms. The summed E-state index contributed by atoms with van der Waals surface area (Å²) in [6, 6.07) is 2.12. The molecule has 0 amide bonds. The number of ether oxygens (including phenoxy) is 1. The van der Waals surface area contributed by atoms with Crippen LogP contribution in [0.1, 0.15) is 12.0 Å². The molecular formula is C8H4F5NO3. The van der Waals surface area contributed by atoms with Crippen molar-refractivity contribution in [1.82, 2.24) is 0 Å². The average molecular weight is 257 g/mol. The Kier molecular flexibility index (Phi) is 3.49. The predicted molar refractivity (Wildman–Crippen MR) is 44.7 cm³/mol. The van der Waals surface area contributed by atoms with E-state index in [1.165, 1.54) is 0 Å². The van der Waals surface area contributed by atoms with Gasteiger partial charge in [-0.1, -0.05) is 6.07 Å². The summed E-state index contributed by atoms with van der Waals surface area (Å²) in [6.45, 7) is 0.